The highest BCUT2D eigenvalue weighted by Gasteiger charge is 2.19. The molecule has 0 radical (unpaired) electrons. The van der Waals surface area contributed by atoms with Gasteiger partial charge in [-0.15, -0.1) is 0 Å². The van der Waals surface area contributed by atoms with Crippen LogP contribution in [0.1, 0.15) is 56.2 Å². The minimum Gasteiger partial charge on any atom is -0.479 e. The summed E-state index contributed by atoms with van der Waals surface area (Å²) in [5, 5.41) is 18.6. The highest BCUT2D eigenvalue weighted by atomic mass is 16.4. The molecule has 3 nitrogen and oxygen atoms in total. The molecule has 0 aromatic heterocycles. The van der Waals surface area contributed by atoms with Gasteiger partial charge in [0.2, 0.25) is 0 Å². The molecular formula is C18H26O3. The lowest BCUT2D eigenvalue weighted by atomic mass is 9.94. The van der Waals surface area contributed by atoms with E-state index in [2.05, 4.69) is 26.5 Å². The maximum absolute atomic E-state index is 10.9. The fourth-order valence-electron chi connectivity index (χ4n) is 2.31. The molecule has 0 fully saturated rings. The molecule has 0 unspecified atom stereocenters. The number of aliphatic hydroxyl groups is 1. The molecule has 0 heterocycles. The maximum atomic E-state index is 10.9. The van der Waals surface area contributed by atoms with E-state index in [1.54, 1.807) is 0 Å². The largest absolute Gasteiger partial charge is 0.479 e. The number of aryl methyl sites for hydroxylation is 2. The first-order chi connectivity index (χ1) is 9.99. The molecule has 0 saturated carbocycles. The standard InChI is InChI=1S/C18H26O3/c1-4-6-8-14-10-15(9-7-5-2)12-16(11-14)13(3)17(19)18(20)21/h10-12,17,19H,3-9H2,1-2H3,(H,20,21)/t17-/m1/s1. The topological polar surface area (TPSA) is 57.5 Å². The van der Waals surface area contributed by atoms with E-state index in [1.807, 2.05) is 12.1 Å². The molecule has 1 rings (SSSR count). The number of hydrogen-bond acceptors (Lipinski definition) is 2. The van der Waals surface area contributed by atoms with Crippen LogP contribution in [0, 0.1) is 0 Å². The summed E-state index contributed by atoms with van der Waals surface area (Å²) in [6.07, 6.45) is 4.85. The predicted molar refractivity (Wildman–Crippen MR) is 86.3 cm³/mol. The third-order valence-corrected chi connectivity index (χ3v) is 3.63. The van der Waals surface area contributed by atoms with Gasteiger partial charge in [-0.1, -0.05) is 51.5 Å². The summed E-state index contributed by atoms with van der Waals surface area (Å²) in [5.74, 6) is -1.26. The minimum absolute atomic E-state index is 0.263. The molecule has 0 spiro atoms. The zero-order chi connectivity index (χ0) is 15.8. The fourth-order valence-corrected chi connectivity index (χ4v) is 2.31. The molecule has 1 aromatic carbocycles. The van der Waals surface area contributed by atoms with Crippen LogP contribution in [0.15, 0.2) is 24.8 Å². The average molecular weight is 290 g/mol. The molecule has 1 aromatic rings. The zero-order valence-corrected chi connectivity index (χ0v) is 13.1. The van der Waals surface area contributed by atoms with Gasteiger partial charge in [-0.3, -0.25) is 0 Å². The second kappa shape index (κ2) is 8.63. The zero-order valence-electron chi connectivity index (χ0n) is 13.1. The number of aliphatic hydroxyl groups excluding tert-OH is 1. The molecule has 21 heavy (non-hydrogen) atoms. The Balaban J connectivity index is 3.05. The van der Waals surface area contributed by atoms with E-state index in [1.165, 1.54) is 11.1 Å². The van der Waals surface area contributed by atoms with Crippen LogP contribution in [0.25, 0.3) is 5.57 Å². The van der Waals surface area contributed by atoms with E-state index in [4.69, 9.17) is 5.11 Å². The van der Waals surface area contributed by atoms with Crippen LogP contribution in [-0.4, -0.2) is 22.3 Å². The number of benzene rings is 1. The van der Waals surface area contributed by atoms with E-state index >= 15 is 0 Å². The van der Waals surface area contributed by atoms with Crippen molar-refractivity contribution in [2.75, 3.05) is 0 Å². The molecule has 1 atom stereocenters. The third kappa shape index (κ3) is 5.35. The molecular weight excluding hydrogens is 264 g/mol. The Kier molecular flexibility index (Phi) is 7.17. The van der Waals surface area contributed by atoms with Crippen molar-refractivity contribution in [2.24, 2.45) is 0 Å². The molecule has 0 amide bonds. The molecule has 0 saturated heterocycles. The van der Waals surface area contributed by atoms with E-state index in [9.17, 15) is 9.90 Å². The van der Waals surface area contributed by atoms with Crippen molar-refractivity contribution in [3.63, 3.8) is 0 Å². The predicted octanol–water partition coefficient (Wildman–Crippen LogP) is 3.83. The SMILES string of the molecule is C=C(c1cc(CCCC)cc(CCCC)c1)[C@@H](O)C(=O)O. The van der Waals surface area contributed by atoms with Gasteiger partial charge in [0.1, 0.15) is 0 Å². The first kappa shape index (κ1) is 17.4. The lowest BCUT2D eigenvalue weighted by Gasteiger charge is -2.14. The van der Waals surface area contributed by atoms with Crippen molar-refractivity contribution < 1.29 is 15.0 Å². The molecule has 2 N–H and O–H groups in total. The number of carbonyl (C=O) groups is 1. The van der Waals surface area contributed by atoms with Crippen LogP contribution in [0.2, 0.25) is 0 Å². The second-order valence-corrected chi connectivity index (χ2v) is 5.51. The number of carboxylic acids is 1. The number of carboxylic acid groups (broad SMARTS) is 1. The molecule has 0 aliphatic rings. The number of unbranched alkanes of at least 4 members (excludes halogenated alkanes) is 2. The van der Waals surface area contributed by atoms with Gasteiger partial charge >= 0.3 is 5.97 Å². The van der Waals surface area contributed by atoms with Crippen LogP contribution in [0.5, 0.6) is 0 Å². The second-order valence-electron chi connectivity index (χ2n) is 5.51. The smallest absolute Gasteiger partial charge is 0.337 e. The van der Waals surface area contributed by atoms with E-state index in [-0.39, 0.29) is 5.57 Å². The van der Waals surface area contributed by atoms with Crippen LogP contribution < -0.4 is 0 Å². The van der Waals surface area contributed by atoms with E-state index < -0.39 is 12.1 Å². The van der Waals surface area contributed by atoms with Crippen molar-refractivity contribution in [1.29, 1.82) is 0 Å². The Morgan fingerprint density at radius 1 is 1.10 bits per heavy atom. The Morgan fingerprint density at radius 3 is 1.95 bits per heavy atom. The van der Waals surface area contributed by atoms with E-state index in [0.29, 0.717) is 0 Å². The average Bonchev–Trinajstić information content (AvgIpc) is 2.49. The van der Waals surface area contributed by atoms with Crippen LogP contribution in [-0.2, 0) is 17.6 Å². The Hall–Kier alpha value is -1.61. The Morgan fingerprint density at radius 2 is 1.57 bits per heavy atom. The molecule has 116 valence electrons. The summed E-state index contributed by atoms with van der Waals surface area (Å²) in [6.45, 7) is 8.05. The molecule has 3 heteroatoms. The lowest BCUT2D eigenvalue weighted by molar-refractivity contribution is -0.143. The number of aliphatic carboxylic acids is 1. The van der Waals surface area contributed by atoms with Crippen molar-refractivity contribution in [3.05, 3.63) is 41.5 Å². The summed E-state index contributed by atoms with van der Waals surface area (Å²) >= 11 is 0. The Bertz CT molecular complexity index is 465. The van der Waals surface area contributed by atoms with Gasteiger partial charge in [-0.2, -0.15) is 0 Å². The molecule has 0 aliphatic carbocycles. The van der Waals surface area contributed by atoms with Crippen molar-refractivity contribution in [2.45, 2.75) is 58.5 Å². The monoisotopic (exact) mass is 290 g/mol. The molecule has 0 bridgehead atoms. The quantitative estimate of drug-likeness (QED) is 0.726. The summed E-state index contributed by atoms with van der Waals surface area (Å²) in [5.41, 5.74) is 3.39. The van der Waals surface area contributed by atoms with Gasteiger partial charge in [0.15, 0.2) is 6.10 Å². The first-order valence-electron chi connectivity index (χ1n) is 7.72. The van der Waals surface area contributed by atoms with Gasteiger partial charge < -0.3 is 10.2 Å². The van der Waals surface area contributed by atoms with Crippen molar-refractivity contribution in [1.82, 2.24) is 0 Å². The normalized spacial score (nSPS) is 12.1. The minimum atomic E-state index is -1.54. The summed E-state index contributed by atoms with van der Waals surface area (Å²) in [7, 11) is 0. The third-order valence-electron chi connectivity index (χ3n) is 3.63. The first-order valence-corrected chi connectivity index (χ1v) is 7.72. The molecule has 0 aliphatic heterocycles. The van der Waals surface area contributed by atoms with Crippen molar-refractivity contribution >= 4 is 11.5 Å². The van der Waals surface area contributed by atoms with E-state index in [0.717, 1.165) is 44.1 Å². The van der Waals surface area contributed by atoms with Gasteiger partial charge in [-0.25, -0.2) is 4.79 Å². The summed E-state index contributed by atoms with van der Waals surface area (Å²) in [4.78, 5) is 10.9. The van der Waals surface area contributed by atoms with Crippen molar-refractivity contribution in [3.8, 4) is 0 Å². The van der Waals surface area contributed by atoms with Crippen LogP contribution >= 0.6 is 0 Å². The number of rotatable bonds is 9. The number of hydrogen-bond donors (Lipinski definition) is 2. The highest BCUT2D eigenvalue weighted by Crippen LogP contribution is 2.22. The van der Waals surface area contributed by atoms with Gasteiger partial charge in [0, 0.05) is 0 Å². The van der Waals surface area contributed by atoms with Gasteiger partial charge in [0.05, 0.1) is 0 Å². The highest BCUT2D eigenvalue weighted by molar-refractivity contribution is 5.89. The maximum Gasteiger partial charge on any atom is 0.337 e. The van der Waals surface area contributed by atoms with Crippen LogP contribution in [0.3, 0.4) is 0 Å². The summed E-state index contributed by atoms with van der Waals surface area (Å²) in [6, 6.07) is 6.11. The van der Waals surface area contributed by atoms with Gasteiger partial charge in [0.25, 0.3) is 0 Å². The fraction of sp³-hybridized carbons (Fsp3) is 0.500. The Labute approximate surface area is 127 Å². The van der Waals surface area contributed by atoms with Gasteiger partial charge in [-0.05, 0) is 47.9 Å². The summed E-state index contributed by atoms with van der Waals surface area (Å²) < 4.78 is 0. The lowest BCUT2D eigenvalue weighted by Crippen LogP contribution is -2.20. The van der Waals surface area contributed by atoms with Crippen LogP contribution in [0.4, 0.5) is 0 Å².